The van der Waals surface area contributed by atoms with Gasteiger partial charge in [0.05, 0.1) is 6.54 Å². The van der Waals surface area contributed by atoms with Gasteiger partial charge >= 0.3 is 6.03 Å². The zero-order valence-corrected chi connectivity index (χ0v) is 11.8. The summed E-state index contributed by atoms with van der Waals surface area (Å²) in [6.45, 7) is 2.28. The molecule has 1 aliphatic heterocycles. The molecule has 21 heavy (non-hydrogen) atoms. The molecule has 1 aromatic rings. The van der Waals surface area contributed by atoms with Crippen molar-refractivity contribution in [2.45, 2.75) is 13.0 Å². The number of urea groups is 1. The van der Waals surface area contributed by atoms with Crippen LogP contribution in [0.15, 0.2) is 24.3 Å². The molecule has 1 saturated heterocycles. The smallest absolute Gasteiger partial charge is 0.324 e. The molecule has 0 spiro atoms. The molecule has 7 heteroatoms. The van der Waals surface area contributed by atoms with E-state index in [0.29, 0.717) is 5.56 Å². The van der Waals surface area contributed by atoms with Crippen molar-refractivity contribution in [3.05, 3.63) is 35.4 Å². The SMILES string of the molecule is Cc1ccc(C(N)C(=O)NCCN2C(=O)CNC2=O)cc1. The predicted molar refractivity (Wildman–Crippen MR) is 76.2 cm³/mol. The van der Waals surface area contributed by atoms with Gasteiger partial charge in [-0.25, -0.2) is 4.79 Å². The minimum Gasteiger partial charge on any atom is -0.353 e. The average Bonchev–Trinajstić information content (AvgIpc) is 2.79. The first-order chi connectivity index (χ1) is 9.99. The second-order valence-electron chi connectivity index (χ2n) is 4.88. The number of rotatable bonds is 5. The molecule has 0 radical (unpaired) electrons. The number of nitrogens with two attached hydrogens (primary N) is 1. The van der Waals surface area contributed by atoms with Crippen molar-refractivity contribution < 1.29 is 14.4 Å². The third-order valence-electron chi connectivity index (χ3n) is 3.29. The van der Waals surface area contributed by atoms with Crippen molar-refractivity contribution in [1.29, 1.82) is 0 Å². The van der Waals surface area contributed by atoms with Gasteiger partial charge in [0.1, 0.15) is 6.04 Å². The first kappa shape index (κ1) is 15.0. The minimum absolute atomic E-state index is 0.00958. The average molecular weight is 290 g/mol. The molecular formula is C14H18N4O3. The molecule has 112 valence electrons. The van der Waals surface area contributed by atoms with Crippen molar-refractivity contribution in [2.24, 2.45) is 5.73 Å². The van der Waals surface area contributed by atoms with Crippen molar-refractivity contribution >= 4 is 17.8 Å². The monoisotopic (exact) mass is 290 g/mol. The molecule has 1 heterocycles. The highest BCUT2D eigenvalue weighted by Crippen LogP contribution is 2.11. The molecule has 1 aromatic carbocycles. The Kier molecular flexibility index (Phi) is 4.54. The van der Waals surface area contributed by atoms with Gasteiger partial charge in [-0.1, -0.05) is 29.8 Å². The maximum absolute atomic E-state index is 11.9. The van der Waals surface area contributed by atoms with Crippen LogP contribution >= 0.6 is 0 Å². The van der Waals surface area contributed by atoms with Crippen molar-refractivity contribution in [2.75, 3.05) is 19.6 Å². The Morgan fingerprint density at radius 3 is 2.62 bits per heavy atom. The Balaban J connectivity index is 1.83. The molecule has 4 N–H and O–H groups in total. The number of nitrogens with zero attached hydrogens (tertiary/aromatic N) is 1. The normalized spacial score (nSPS) is 15.8. The van der Waals surface area contributed by atoms with Crippen LogP contribution in [0.5, 0.6) is 0 Å². The molecule has 4 amide bonds. The molecule has 1 unspecified atom stereocenters. The number of imide groups is 1. The summed E-state index contributed by atoms with van der Waals surface area (Å²) in [4.78, 5) is 35.6. The summed E-state index contributed by atoms with van der Waals surface area (Å²) in [6.07, 6.45) is 0. The largest absolute Gasteiger partial charge is 0.353 e. The van der Waals surface area contributed by atoms with Crippen LogP contribution < -0.4 is 16.4 Å². The first-order valence-corrected chi connectivity index (χ1v) is 6.67. The van der Waals surface area contributed by atoms with E-state index in [1.54, 1.807) is 12.1 Å². The van der Waals surface area contributed by atoms with Gasteiger partial charge in [0.25, 0.3) is 0 Å². The van der Waals surface area contributed by atoms with E-state index in [4.69, 9.17) is 5.73 Å². The zero-order chi connectivity index (χ0) is 15.4. The van der Waals surface area contributed by atoms with Crippen LogP contribution in [0.25, 0.3) is 0 Å². The Morgan fingerprint density at radius 2 is 2.05 bits per heavy atom. The van der Waals surface area contributed by atoms with Crippen molar-refractivity contribution in [3.8, 4) is 0 Å². The highest BCUT2D eigenvalue weighted by Gasteiger charge is 2.28. The lowest BCUT2D eigenvalue weighted by molar-refractivity contribution is -0.126. The molecular weight excluding hydrogens is 272 g/mol. The van der Waals surface area contributed by atoms with E-state index in [1.165, 1.54) is 0 Å². The van der Waals surface area contributed by atoms with Crippen LogP contribution in [0.2, 0.25) is 0 Å². The van der Waals surface area contributed by atoms with Gasteiger partial charge in [-0.05, 0) is 12.5 Å². The van der Waals surface area contributed by atoms with Gasteiger partial charge in [-0.3, -0.25) is 14.5 Å². The summed E-state index contributed by atoms with van der Waals surface area (Å²) < 4.78 is 0. The highest BCUT2D eigenvalue weighted by atomic mass is 16.2. The number of amides is 4. The number of hydrogen-bond acceptors (Lipinski definition) is 4. The number of nitrogens with one attached hydrogen (secondary N) is 2. The van der Waals surface area contributed by atoms with E-state index in [1.807, 2.05) is 19.1 Å². The third-order valence-corrected chi connectivity index (χ3v) is 3.29. The van der Waals surface area contributed by atoms with Crippen LogP contribution in [0.4, 0.5) is 4.79 Å². The minimum atomic E-state index is -0.770. The molecule has 0 bridgehead atoms. The van der Waals surface area contributed by atoms with Crippen LogP contribution in [0.3, 0.4) is 0 Å². The Bertz CT molecular complexity index is 540. The van der Waals surface area contributed by atoms with Gasteiger partial charge in [-0.15, -0.1) is 0 Å². The van der Waals surface area contributed by atoms with Crippen LogP contribution in [0, 0.1) is 6.92 Å². The second-order valence-corrected chi connectivity index (χ2v) is 4.88. The molecule has 7 nitrogen and oxygen atoms in total. The highest BCUT2D eigenvalue weighted by molar-refractivity contribution is 6.01. The van der Waals surface area contributed by atoms with Gasteiger partial charge < -0.3 is 16.4 Å². The molecule has 1 aliphatic rings. The fourth-order valence-electron chi connectivity index (χ4n) is 2.01. The lowest BCUT2D eigenvalue weighted by atomic mass is 10.1. The van der Waals surface area contributed by atoms with Gasteiger partial charge in [-0.2, -0.15) is 0 Å². The maximum Gasteiger partial charge on any atom is 0.324 e. The summed E-state index contributed by atoms with van der Waals surface area (Å²) in [5.74, 6) is -0.636. The van der Waals surface area contributed by atoms with E-state index < -0.39 is 12.1 Å². The molecule has 0 saturated carbocycles. The lowest BCUT2D eigenvalue weighted by Gasteiger charge is -2.15. The fourth-order valence-corrected chi connectivity index (χ4v) is 2.01. The number of hydrogen-bond donors (Lipinski definition) is 3. The van der Waals surface area contributed by atoms with Crippen molar-refractivity contribution in [1.82, 2.24) is 15.5 Å². The number of carbonyl (C=O) groups excluding carboxylic acids is 3. The Morgan fingerprint density at radius 1 is 1.38 bits per heavy atom. The topological polar surface area (TPSA) is 105 Å². The first-order valence-electron chi connectivity index (χ1n) is 6.67. The van der Waals surface area contributed by atoms with E-state index in [2.05, 4.69) is 10.6 Å². The van der Waals surface area contributed by atoms with Gasteiger partial charge in [0, 0.05) is 13.1 Å². The van der Waals surface area contributed by atoms with Crippen LogP contribution in [-0.4, -0.2) is 42.4 Å². The maximum atomic E-state index is 11.9. The summed E-state index contributed by atoms with van der Waals surface area (Å²) in [5, 5.41) is 5.04. The van der Waals surface area contributed by atoms with E-state index in [9.17, 15) is 14.4 Å². The zero-order valence-electron chi connectivity index (χ0n) is 11.8. The molecule has 1 fully saturated rings. The standard InChI is InChI=1S/C14H18N4O3/c1-9-2-4-10(5-3-9)12(15)13(20)16-6-7-18-11(19)8-17-14(18)21/h2-5,12H,6-8,15H2,1H3,(H,16,20)(H,17,21). The summed E-state index contributed by atoms with van der Waals surface area (Å²) in [7, 11) is 0. The predicted octanol–water partition coefficient (Wildman–Crippen LogP) is -0.337. The molecule has 0 aliphatic carbocycles. The summed E-state index contributed by atoms with van der Waals surface area (Å²) >= 11 is 0. The summed E-state index contributed by atoms with van der Waals surface area (Å²) in [6, 6.07) is 6.17. The molecule has 1 atom stereocenters. The van der Waals surface area contributed by atoms with Crippen LogP contribution in [-0.2, 0) is 9.59 Å². The molecule has 2 rings (SSSR count). The Labute approximate surface area is 122 Å². The number of carbonyl (C=O) groups is 3. The number of benzene rings is 1. The Hall–Kier alpha value is -2.41. The lowest BCUT2D eigenvalue weighted by Crippen LogP contribution is -2.41. The fraction of sp³-hybridized carbons (Fsp3) is 0.357. The van der Waals surface area contributed by atoms with Crippen molar-refractivity contribution in [3.63, 3.8) is 0 Å². The number of aryl methyl sites for hydroxylation is 1. The van der Waals surface area contributed by atoms with E-state index >= 15 is 0 Å². The summed E-state index contributed by atoms with van der Waals surface area (Å²) in [5.41, 5.74) is 7.67. The van der Waals surface area contributed by atoms with Crippen LogP contribution in [0.1, 0.15) is 17.2 Å². The van der Waals surface area contributed by atoms with E-state index in [-0.39, 0.29) is 31.4 Å². The van der Waals surface area contributed by atoms with E-state index in [0.717, 1.165) is 10.5 Å². The molecule has 0 aromatic heterocycles. The second kappa shape index (κ2) is 6.36. The van der Waals surface area contributed by atoms with Gasteiger partial charge in [0.2, 0.25) is 11.8 Å². The quantitative estimate of drug-likeness (QED) is 0.645. The third kappa shape index (κ3) is 3.57. The van der Waals surface area contributed by atoms with Gasteiger partial charge in [0.15, 0.2) is 0 Å².